The number of hydrogen-bond donors (Lipinski definition) is 1. The molecule has 1 aliphatic carbocycles. The number of carbonyl (C=O) groups excluding carboxylic acids is 2. The highest BCUT2D eigenvalue weighted by molar-refractivity contribution is 5.94. The SMILES string of the molecule is O=C(c1cccnc1)N1CCN(C(=O)C2CCCc3c(O)cccc32)CC1. The zero-order valence-corrected chi connectivity index (χ0v) is 15.2. The van der Waals surface area contributed by atoms with E-state index in [0.29, 0.717) is 31.7 Å². The molecule has 140 valence electrons. The summed E-state index contributed by atoms with van der Waals surface area (Å²) in [5, 5.41) is 10.1. The Kier molecular flexibility index (Phi) is 4.79. The van der Waals surface area contributed by atoms with Crippen LogP contribution in [0, 0.1) is 0 Å². The lowest BCUT2D eigenvalue weighted by atomic mass is 9.81. The fourth-order valence-electron chi connectivity index (χ4n) is 4.11. The third kappa shape index (κ3) is 3.39. The van der Waals surface area contributed by atoms with Gasteiger partial charge in [-0.2, -0.15) is 0 Å². The van der Waals surface area contributed by atoms with Crippen LogP contribution in [0.5, 0.6) is 5.75 Å². The highest BCUT2D eigenvalue weighted by atomic mass is 16.3. The van der Waals surface area contributed by atoms with E-state index in [0.717, 1.165) is 30.4 Å². The number of rotatable bonds is 2. The lowest BCUT2D eigenvalue weighted by Crippen LogP contribution is -2.51. The second-order valence-corrected chi connectivity index (χ2v) is 7.15. The fourth-order valence-corrected chi connectivity index (χ4v) is 4.11. The van der Waals surface area contributed by atoms with Crippen molar-refractivity contribution in [1.82, 2.24) is 14.8 Å². The van der Waals surface area contributed by atoms with E-state index in [1.54, 1.807) is 35.5 Å². The van der Waals surface area contributed by atoms with Crippen molar-refractivity contribution in [3.8, 4) is 5.75 Å². The van der Waals surface area contributed by atoms with Crippen LogP contribution in [0.3, 0.4) is 0 Å². The van der Waals surface area contributed by atoms with Gasteiger partial charge in [0.1, 0.15) is 5.75 Å². The predicted octanol–water partition coefficient (Wildman–Crippen LogP) is 2.19. The molecule has 1 aliphatic heterocycles. The summed E-state index contributed by atoms with van der Waals surface area (Å²) in [6.07, 6.45) is 5.75. The zero-order valence-electron chi connectivity index (χ0n) is 15.2. The molecule has 1 aromatic carbocycles. The van der Waals surface area contributed by atoms with Gasteiger partial charge in [-0.05, 0) is 48.6 Å². The molecule has 2 amide bonds. The molecule has 1 saturated heterocycles. The van der Waals surface area contributed by atoms with Gasteiger partial charge in [0.05, 0.1) is 11.5 Å². The Morgan fingerprint density at radius 3 is 2.56 bits per heavy atom. The summed E-state index contributed by atoms with van der Waals surface area (Å²) in [6.45, 7) is 2.13. The number of fused-ring (bicyclic) bond motifs is 1. The molecule has 1 atom stereocenters. The first-order valence-corrected chi connectivity index (χ1v) is 9.44. The molecule has 1 fully saturated rings. The molecule has 0 saturated carbocycles. The van der Waals surface area contributed by atoms with Crippen molar-refractivity contribution in [2.24, 2.45) is 0 Å². The minimum Gasteiger partial charge on any atom is -0.508 e. The first-order chi connectivity index (χ1) is 13.1. The largest absolute Gasteiger partial charge is 0.508 e. The van der Waals surface area contributed by atoms with Crippen LogP contribution in [0.4, 0.5) is 0 Å². The Bertz CT molecular complexity index is 845. The van der Waals surface area contributed by atoms with Gasteiger partial charge in [-0.15, -0.1) is 0 Å². The number of aromatic hydroxyl groups is 1. The topological polar surface area (TPSA) is 73.7 Å². The van der Waals surface area contributed by atoms with E-state index in [1.165, 1.54) is 0 Å². The number of hydrogen-bond acceptors (Lipinski definition) is 4. The molecular weight excluding hydrogens is 342 g/mol. The van der Waals surface area contributed by atoms with E-state index >= 15 is 0 Å². The number of aromatic nitrogens is 1. The molecule has 2 heterocycles. The van der Waals surface area contributed by atoms with Gasteiger partial charge in [0, 0.05) is 38.6 Å². The summed E-state index contributed by atoms with van der Waals surface area (Å²) < 4.78 is 0. The first-order valence-electron chi connectivity index (χ1n) is 9.44. The molecule has 6 heteroatoms. The molecule has 4 rings (SSSR count). The maximum atomic E-state index is 13.1. The van der Waals surface area contributed by atoms with Crippen LogP contribution in [-0.4, -0.2) is 57.9 Å². The van der Waals surface area contributed by atoms with Gasteiger partial charge in [-0.25, -0.2) is 0 Å². The molecule has 0 spiro atoms. The van der Waals surface area contributed by atoms with E-state index < -0.39 is 0 Å². The zero-order chi connectivity index (χ0) is 18.8. The smallest absolute Gasteiger partial charge is 0.255 e. The van der Waals surface area contributed by atoms with Crippen LogP contribution in [0.25, 0.3) is 0 Å². The lowest BCUT2D eigenvalue weighted by molar-refractivity contribution is -0.134. The van der Waals surface area contributed by atoms with Crippen molar-refractivity contribution in [2.75, 3.05) is 26.2 Å². The van der Waals surface area contributed by atoms with Crippen LogP contribution in [0.1, 0.15) is 40.2 Å². The van der Waals surface area contributed by atoms with Crippen LogP contribution >= 0.6 is 0 Å². The van der Waals surface area contributed by atoms with E-state index in [-0.39, 0.29) is 23.5 Å². The summed E-state index contributed by atoms with van der Waals surface area (Å²) in [7, 11) is 0. The monoisotopic (exact) mass is 365 g/mol. The molecule has 0 radical (unpaired) electrons. The third-order valence-electron chi connectivity index (χ3n) is 5.57. The number of benzene rings is 1. The quantitative estimate of drug-likeness (QED) is 0.885. The van der Waals surface area contributed by atoms with E-state index in [1.807, 2.05) is 17.0 Å². The predicted molar refractivity (Wildman–Crippen MR) is 101 cm³/mol. The van der Waals surface area contributed by atoms with Gasteiger partial charge < -0.3 is 14.9 Å². The Hall–Kier alpha value is -2.89. The lowest BCUT2D eigenvalue weighted by Gasteiger charge is -2.37. The third-order valence-corrected chi connectivity index (χ3v) is 5.57. The minimum absolute atomic E-state index is 0.0388. The number of pyridine rings is 1. The molecule has 27 heavy (non-hydrogen) atoms. The Balaban J connectivity index is 1.43. The van der Waals surface area contributed by atoms with Gasteiger partial charge in [0.15, 0.2) is 0 Å². The molecule has 1 unspecified atom stereocenters. The van der Waals surface area contributed by atoms with Crippen molar-refractivity contribution in [1.29, 1.82) is 0 Å². The second-order valence-electron chi connectivity index (χ2n) is 7.15. The average Bonchev–Trinajstić information content (AvgIpc) is 2.73. The summed E-state index contributed by atoms with van der Waals surface area (Å²) in [5.41, 5.74) is 2.45. The Labute approximate surface area is 158 Å². The van der Waals surface area contributed by atoms with Gasteiger partial charge in [0.25, 0.3) is 5.91 Å². The highest BCUT2D eigenvalue weighted by Crippen LogP contribution is 2.37. The summed E-state index contributed by atoms with van der Waals surface area (Å²) in [5.74, 6) is 0.163. The average molecular weight is 365 g/mol. The van der Waals surface area contributed by atoms with E-state index in [2.05, 4.69) is 4.98 Å². The number of amides is 2. The molecule has 1 aromatic heterocycles. The standard InChI is InChI=1S/C21H23N3O3/c25-19-8-2-5-16-17(19)6-1-7-18(16)21(27)24-12-10-23(11-13-24)20(26)15-4-3-9-22-14-15/h2-5,8-9,14,18,25H,1,6-7,10-13H2. The maximum Gasteiger partial charge on any atom is 0.255 e. The van der Waals surface area contributed by atoms with Gasteiger partial charge in [-0.1, -0.05) is 12.1 Å². The number of phenolic OH excluding ortho intramolecular Hbond substituents is 1. The fraction of sp³-hybridized carbons (Fsp3) is 0.381. The van der Waals surface area contributed by atoms with E-state index in [9.17, 15) is 14.7 Å². The second kappa shape index (κ2) is 7.39. The maximum absolute atomic E-state index is 13.1. The minimum atomic E-state index is -0.193. The molecule has 0 bridgehead atoms. The Morgan fingerprint density at radius 2 is 1.81 bits per heavy atom. The molecule has 2 aliphatic rings. The number of piperazine rings is 1. The van der Waals surface area contributed by atoms with Crippen molar-refractivity contribution < 1.29 is 14.7 Å². The number of nitrogens with zero attached hydrogens (tertiary/aromatic N) is 3. The van der Waals surface area contributed by atoms with Crippen molar-refractivity contribution in [3.05, 3.63) is 59.4 Å². The van der Waals surface area contributed by atoms with Crippen molar-refractivity contribution in [3.63, 3.8) is 0 Å². The van der Waals surface area contributed by atoms with Gasteiger partial charge in [-0.3, -0.25) is 14.6 Å². The summed E-state index contributed by atoms with van der Waals surface area (Å²) >= 11 is 0. The molecule has 6 nitrogen and oxygen atoms in total. The molecule has 2 aromatic rings. The van der Waals surface area contributed by atoms with Crippen molar-refractivity contribution in [2.45, 2.75) is 25.2 Å². The van der Waals surface area contributed by atoms with E-state index in [4.69, 9.17) is 0 Å². The molecule has 1 N–H and O–H groups in total. The van der Waals surface area contributed by atoms with Crippen LogP contribution < -0.4 is 0 Å². The van der Waals surface area contributed by atoms with Crippen molar-refractivity contribution >= 4 is 11.8 Å². The van der Waals surface area contributed by atoms with Crippen LogP contribution in [0.2, 0.25) is 0 Å². The highest BCUT2D eigenvalue weighted by Gasteiger charge is 2.33. The Morgan fingerprint density at radius 1 is 1.04 bits per heavy atom. The van der Waals surface area contributed by atoms with Gasteiger partial charge >= 0.3 is 0 Å². The number of carbonyl (C=O) groups is 2. The number of phenols is 1. The van der Waals surface area contributed by atoms with Crippen LogP contribution in [-0.2, 0) is 11.2 Å². The summed E-state index contributed by atoms with van der Waals surface area (Å²) in [4.78, 5) is 33.3. The normalized spacial score (nSPS) is 19.5. The first kappa shape index (κ1) is 17.5. The summed E-state index contributed by atoms with van der Waals surface area (Å²) in [6, 6.07) is 8.97. The van der Waals surface area contributed by atoms with Crippen LogP contribution in [0.15, 0.2) is 42.7 Å². The van der Waals surface area contributed by atoms with Gasteiger partial charge in [0.2, 0.25) is 5.91 Å². The molecular formula is C21H23N3O3.